The Morgan fingerprint density at radius 2 is 2.29 bits per heavy atom. The molecule has 5 nitrogen and oxygen atoms in total. The summed E-state index contributed by atoms with van der Waals surface area (Å²) in [6, 6.07) is 5.58. The maximum Gasteiger partial charge on any atom is 0.188 e. The lowest BCUT2D eigenvalue weighted by atomic mass is 10.0. The summed E-state index contributed by atoms with van der Waals surface area (Å²) in [6.07, 6.45) is 2.32. The average Bonchev–Trinajstić information content (AvgIpc) is 2.68. The minimum atomic E-state index is 0.0452. The number of hydrogen-bond acceptors (Lipinski definition) is 4. The van der Waals surface area contributed by atoms with Crippen molar-refractivity contribution in [2.45, 2.75) is 32.2 Å². The molecule has 1 aromatic rings. The van der Waals surface area contributed by atoms with Crippen LogP contribution in [0.2, 0.25) is 0 Å². The molecule has 1 aromatic heterocycles. The van der Waals surface area contributed by atoms with Gasteiger partial charge in [0, 0.05) is 12.1 Å². The van der Waals surface area contributed by atoms with Crippen LogP contribution in [0.4, 0.5) is 5.82 Å². The van der Waals surface area contributed by atoms with Crippen LogP contribution in [0.15, 0.2) is 23.4 Å². The normalized spacial score (nSPS) is 19.6. The number of nitrogens with zero attached hydrogens (tertiary/aromatic N) is 3. The summed E-state index contributed by atoms with van der Waals surface area (Å²) in [5.74, 6) is 0.931. The third-order valence-corrected chi connectivity index (χ3v) is 3.28. The van der Waals surface area contributed by atoms with E-state index in [9.17, 15) is 0 Å². The first-order valence-electron chi connectivity index (χ1n) is 5.77. The second kappa shape index (κ2) is 4.24. The minimum Gasteiger partial charge on any atom is -0.409 e. The van der Waals surface area contributed by atoms with E-state index in [0.29, 0.717) is 5.69 Å². The number of rotatable bonds is 2. The molecule has 0 bridgehead atoms. The summed E-state index contributed by atoms with van der Waals surface area (Å²) in [4.78, 5) is 6.70. The van der Waals surface area contributed by atoms with E-state index in [1.807, 2.05) is 12.1 Å². The van der Waals surface area contributed by atoms with Crippen molar-refractivity contribution in [2.75, 3.05) is 11.4 Å². The second-order valence-corrected chi connectivity index (χ2v) is 4.93. The Morgan fingerprint density at radius 1 is 1.53 bits per heavy atom. The van der Waals surface area contributed by atoms with E-state index in [1.54, 1.807) is 6.07 Å². The van der Waals surface area contributed by atoms with Gasteiger partial charge in [-0.15, -0.1) is 0 Å². The van der Waals surface area contributed by atoms with E-state index < -0.39 is 0 Å². The van der Waals surface area contributed by atoms with Gasteiger partial charge < -0.3 is 15.8 Å². The number of amidine groups is 1. The number of aromatic nitrogens is 1. The van der Waals surface area contributed by atoms with E-state index in [-0.39, 0.29) is 11.4 Å². The van der Waals surface area contributed by atoms with Gasteiger partial charge in [0.15, 0.2) is 5.84 Å². The van der Waals surface area contributed by atoms with E-state index in [0.717, 1.165) is 18.8 Å². The highest BCUT2D eigenvalue weighted by Gasteiger charge is 2.32. The Kier molecular flexibility index (Phi) is 2.92. The maximum atomic E-state index is 8.66. The quantitative estimate of drug-likeness (QED) is 0.352. The van der Waals surface area contributed by atoms with Gasteiger partial charge in [-0.3, -0.25) is 0 Å². The second-order valence-electron chi connectivity index (χ2n) is 4.93. The number of hydrogen-bond donors (Lipinski definition) is 2. The fourth-order valence-corrected chi connectivity index (χ4v) is 2.30. The average molecular weight is 234 g/mol. The maximum absolute atomic E-state index is 8.66. The van der Waals surface area contributed by atoms with Crippen molar-refractivity contribution in [2.24, 2.45) is 10.9 Å². The molecular weight excluding hydrogens is 216 g/mol. The summed E-state index contributed by atoms with van der Waals surface area (Å²) in [5.41, 5.74) is 6.18. The first-order chi connectivity index (χ1) is 8.04. The zero-order chi connectivity index (χ0) is 12.5. The van der Waals surface area contributed by atoms with Crippen LogP contribution in [0.3, 0.4) is 0 Å². The van der Waals surface area contributed by atoms with Gasteiger partial charge in [-0.25, -0.2) is 4.98 Å². The van der Waals surface area contributed by atoms with Crippen LogP contribution in [-0.2, 0) is 0 Å². The molecular formula is C12H18N4O. The van der Waals surface area contributed by atoms with E-state index in [2.05, 4.69) is 28.9 Å². The summed E-state index contributed by atoms with van der Waals surface area (Å²) in [5, 5.41) is 11.6. The third kappa shape index (κ3) is 2.18. The van der Waals surface area contributed by atoms with Gasteiger partial charge in [-0.1, -0.05) is 11.2 Å². The molecule has 3 N–H and O–H groups in total. The molecule has 5 heteroatoms. The molecule has 0 saturated carbocycles. The number of oxime groups is 1. The van der Waals surface area contributed by atoms with E-state index in [4.69, 9.17) is 10.9 Å². The Labute approximate surface area is 101 Å². The molecule has 0 spiro atoms. The smallest absolute Gasteiger partial charge is 0.188 e. The lowest BCUT2D eigenvalue weighted by molar-refractivity contribution is 0.318. The largest absolute Gasteiger partial charge is 0.409 e. The zero-order valence-electron chi connectivity index (χ0n) is 10.2. The van der Waals surface area contributed by atoms with Crippen molar-refractivity contribution in [1.82, 2.24) is 4.98 Å². The van der Waals surface area contributed by atoms with Gasteiger partial charge in [0.2, 0.25) is 0 Å². The van der Waals surface area contributed by atoms with Crippen LogP contribution < -0.4 is 10.6 Å². The highest BCUT2D eigenvalue weighted by atomic mass is 16.4. The molecule has 0 aliphatic carbocycles. The lowest BCUT2D eigenvalue weighted by Crippen LogP contribution is -2.38. The van der Waals surface area contributed by atoms with E-state index in [1.165, 1.54) is 6.42 Å². The standard InChI is InChI=1S/C12H18N4O/c1-12(2)7-4-8-16(12)10-6-3-5-9(14-10)11(13)15-17/h3,5-6,17H,4,7-8H2,1-2H3,(H2,13,15). The molecule has 17 heavy (non-hydrogen) atoms. The first-order valence-corrected chi connectivity index (χ1v) is 5.77. The van der Waals surface area contributed by atoms with Crippen LogP contribution in [0.5, 0.6) is 0 Å². The molecule has 1 aliphatic heterocycles. The van der Waals surface area contributed by atoms with Gasteiger partial charge in [0.25, 0.3) is 0 Å². The molecule has 1 saturated heterocycles. The van der Waals surface area contributed by atoms with Crippen LogP contribution in [0.1, 0.15) is 32.4 Å². The highest BCUT2D eigenvalue weighted by molar-refractivity contribution is 5.95. The monoisotopic (exact) mass is 234 g/mol. The van der Waals surface area contributed by atoms with Crippen molar-refractivity contribution in [1.29, 1.82) is 0 Å². The summed E-state index contributed by atoms with van der Waals surface area (Å²) >= 11 is 0. The van der Waals surface area contributed by atoms with Gasteiger partial charge in [0.05, 0.1) is 0 Å². The van der Waals surface area contributed by atoms with Gasteiger partial charge in [-0.05, 0) is 38.8 Å². The molecule has 0 aromatic carbocycles. The molecule has 0 amide bonds. The van der Waals surface area contributed by atoms with Crippen LogP contribution in [0, 0.1) is 0 Å². The molecule has 1 aliphatic rings. The van der Waals surface area contributed by atoms with Crippen LogP contribution in [0.25, 0.3) is 0 Å². The summed E-state index contributed by atoms with van der Waals surface area (Å²) in [6.45, 7) is 5.41. The first kappa shape index (κ1) is 11.7. The van der Waals surface area contributed by atoms with Crippen molar-refractivity contribution in [3.8, 4) is 0 Å². The number of nitrogens with two attached hydrogens (primary N) is 1. The molecule has 1 fully saturated rings. The van der Waals surface area contributed by atoms with Crippen molar-refractivity contribution in [3.05, 3.63) is 23.9 Å². The zero-order valence-corrected chi connectivity index (χ0v) is 10.2. The Morgan fingerprint density at radius 3 is 2.88 bits per heavy atom. The Hall–Kier alpha value is -1.78. The van der Waals surface area contributed by atoms with Gasteiger partial charge >= 0.3 is 0 Å². The highest BCUT2D eigenvalue weighted by Crippen LogP contribution is 2.32. The molecule has 0 radical (unpaired) electrons. The Balaban J connectivity index is 2.34. The number of pyridine rings is 1. The lowest BCUT2D eigenvalue weighted by Gasteiger charge is -2.32. The van der Waals surface area contributed by atoms with E-state index >= 15 is 0 Å². The molecule has 92 valence electrons. The molecule has 2 heterocycles. The number of anilines is 1. The minimum absolute atomic E-state index is 0.0452. The third-order valence-electron chi connectivity index (χ3n) is 3.28. The fraction of sp³-hybridized carbons (Fsp3) is 0.500. The van der Waals surface area contributed by atoms with Gasteiger partial charge in [0.1, 0.15) is 11.5 Å². The van der Waals surface area contributed by atoms with Crippen molar-refractivity contribution in [3.63, 3.8) is 0 Å². The summed E-state index contributed by atoms with van der Waals surface area (Å²) < 4.78 is 0. The summed E-state index contributed by atoms with van der Waals surface area (Å²) in [7, 11) is 0. The molecule has 0 unspecified atom stereocenters. The predicted molar refractivity (Wildman–Crippen MR) is 67.4 cm³/mol. The van der Waals surface area contributed by atoms with Crippen LogP contribution >= 0.6 is 0 Å². The Bertz CT molecular complexity index is 442. The molecule has 0 atom stereocenters. The SMILES string of the molecule is CC1(C)CCCN1c1cccc(C(N)=NO)n1. The fourth-order valence-electron chi connectivity index (χ4n) is 2.30. The molecule has 2 rings (SSSR count). The van der Waals surface area contributed by atoms with Crippen LogP contribution in [-0.4, -0.2) is 28.1 Å². The van der Waals surface area contributed by atoms with Crippen molar-refractivity contribution < 1.29 is 5.21 Å². The predicted octanol–water partition coefficient (Wildman–Crippen LogP) is 1.55. The van der Waals surface area contributed by atoms with Gasteiger partial charge in [-0.2, -0.15) is 0 Å². The topological polar surface area (TPSA) is 74.7 Å². The van der Waals surface area contributed by atoms with Crippen molar-refractivity contribution >= 4 is 11.7 Å².